The molecule has 0 atom stereocenters. The highest BCUT2D eigenvalue weighted by molar-refractivity contribution is 7.89. The molecule has 6 nitrogen and oxygen atoms in total. The van der Waals surface area contributed by atoms with Crippen LogP contribution in [0.25, 0.3) is 0 Å². The summed E-state index contributed by atoms with van der Waals surface area (Å²) in [5.41, 5.74) is 5.83. The van der Waals surface area contributed by atoms with Crippen LogP contribution in [0.4, 0.5) is 5.69 Å². The maximum atomic E-state index is 12.1. The number of anilines is 1. The van der Waals surface area contributed by atoms with Crippen LogP contribution in [0.5, 0.6) is 0 Å². The van der Waals surface area contributed by atoms with Gasteiger partial charge in [0.15, 0.2) is 0 Å². The molecule has 0 radical (unpaired) electrons. The summed E-state index contributed by atoms with van der Waals surface area (Å²) in [4.78, 5) is 11.5. The number of hydrogen-bond donors (Lipinski definition) is 1. The standard InChI is InChI=1S/C11H16N2O4S/c1-4-13(2)18(15,16)8-5-6-10(12)9(7-8)11(14)17-3/h5-7H,4,12H2,1-3H3. The molecule has 1 aromatic rings. The topological polar surface area (TPSA) is 89.7 Å². The van der Waals surface area contributed by atoms with Crippen LogP contribution in [0.15, 0.2) is 23.1 Å². The van der Waals surface area contributed by atoms with E-state index in [1.165, 1.54) is 36.7 Å². The fourth-order valence-corrected chi connectivity index (χ4v) is 2.54. The molecule has 0 aromatic heterocycles. The van der Waals surface area contributed by atoms with Gasteiger partial charge in [-0.3, -0.25) is 0 Å². The maximum Gasteiger partial charge on any atom is 0.339 e. The number of methoxy groups -OCH3 is 1. The third-order valence-electron chi connectivity index (χ3n) is 2.58. The minimum Gasteiger partial charge on any atom is -0.465 e. The van der Waals surface area contributed by atoms with Crippen LogP contribution in [-0.4, -0.2) is 39.4 Å². The first kappa shape index (κ1) is 14.5. The Labute approximate surface area is 106 Å². The Morgan fingerprint density at radius 3 is 2.56 bits per heavy atom. The summed E-state index contributed by atoms with van der Waals surface area (Å²) in [6.45, 7) is 2.05. The molecule has 0 saturated heterocycles. The van der Waals surface area contributed by atoms with E-state index in [1.807, 2.05) is 0 Å². The minimum atomic E-state index is -3.60. The van der Waals surface area contributed by atoms with Gasteiger partial charge >= 0.3 is 5.97 Å². The predicted molar refractivity (Wildman–Crippen MR) is 67.7 cm³/mol. The van der Waals surface area contributed by atoms with E-state index in [1.54, 1.807) is 6.92 Å². The summed E-state index contributed by atoms with van der Waals surface area (Å²) in [5, 5.41) is 0. The van der Waals surface area contributed by atoms with E-state index >= 15 is 0 Å². The number of carbonyl (C=O) groups is 1. The molecular formula is C11H16N2O4S. The van der Waals surface area contributed by atoms with Crippen LogP contribution < -0.4 is 5.73 Å². The zero-order valence-corrected chi connectivity index (χ0v) is 11.3. The summed E-state index contributed by atoms with van der Waals surface area (Å²) in [6.07, 6.45) is 0. The number of nitrogens with zero attached hydrogens (tertiary/aromatic N) is 1. The first-order valence-electron chi connectivity index (χ1n) is 5.28. The molecule has 2 N–H and O–H groups in total. The second-order valence-electron chi connectivity index (χ2n) is 3.66. The normalized spacial score (nSPS) is 11.6. The zero-order chi connectivity index (χ0) is 13.9. The lowest BCUT2D eigenvalue weighted by Gasteiger charge is -2.15. The second-order valence-corrected chi connectivity index (χ2v) is 5.70. The van der Waals surface area contributed by atoms with Gasteiger partial charge in [-0.1, -0.05) is 6.92 Å². The number of carbonyl (C=O) groups excluding carboxylic acids is 1. The molecule has 7 heteroatoms. The second kappa shape index (κ2) is 5.36. The number of nitrogen functional groups attached to an aromatic ring is 1. The SMILES string of the molecule is CCN(C)S(=O)(=O)c1ccc(N)c(C(=O)OC)c1. The lowest BCUT2D eigenvalue weighted by molar-refractivity contribution is 0.0601. The van der Waals surface area contributed by atoms with Crippen LogP contribution in [0.2, 0.25) is 0 Å². The van der Waals surface area contributed by atoms with Crippen LogP contribution >= 0.6 is 0 Å². The van der Waals surface area contributed by atoms with Gasteiger partial charge in [-0.2, -0.15) is 0 Å². The fraction of sp³-hybridized carbons (Fsp3) is 0.364. The van der Waals surface area contributed by atoms with Crippen molar-refractivity contribution in [2.45, 2.75) is 11.8 Å². The molecule has 0 saturated carbocycles. The van der Waals surface area contributed by atoms with E-state index in [-0.39, 0.29) is 16.1 Å². The molecule has 0 aliphatic heterocycles. The predicted octanol–water partition coefficient (Wildman–Crippen LogP) is 0.696. The lowest BCUT2D eigenvalue weighted by Crippen LogP contribution is -2.26. The third kappa shape index (κ3) is 2.62. The van der Waals surface area contributed by atoms with Gasteiger partial charge in [-0.15, -0.1) is 0 Å². The van der Waals surface area contributed by atoms with Gasteiger partial charge in [0.1, 0.15) is 0 Å². The first-order chi connectivity index (χ1) is 8.34. The van der Waals surface area contributed by atoms with Crippen LogP contribution in [0.1, 0.15) is 17.3 Å². The van der Waals surface area contributed by atoms with E-state index < -0.39 is 16.0 Å². The van der Waals surface area contributed by atoms with Crippen molar-refractivity contribution in [3.63, 3.8) is 0 Å². The average Bonchev–Trinajstić information content (AvgIpc) is 2.36. The average molecular weight is 272 g/mol. The molecule has 0 amide bonds. The Morgan fingerprint density at radius 2 is 2.06 bits per heavy atom. The van der Waals surface area contributed by atoms with Gasteiger partial charge in [-0.25, -0.2) is 17.5 Å². The minimum absolute atomic E-state index is 0.0152. The monoisotopic (exact) mass is 272 g/mol. The Morgan fingerprint density at radius 1 is 1.44 bits per heavy atom. The van der Waals surface area contributed by atoms with E-state index in [0.29, 0.717) is 6.54 Å². The van der Waals surface area contributed by atoms with E-state index in [9.17, 15) is 13.2 Å². The number of benzene rings is 1. The molecule has 18 heavy (non-hydrogen) atoms. The summed E-state index contributed by atoms with van der Waals surface area (Å²) in [5.74, 6) is -0.663. The van der Waals surface area contributed by atoms with Crippen molar-refractivity contribution in [3.05, 3.63) is 23.8 Å². The van der Waals surface area contributed by atoms with Crippen LogP contribution in [0.3, 0.4) is 0 Å². The van der Waals surface area contributed by atoms with Gasteiger partial charge in [0, 0.05) is 19.3 Å². The number of nitrogens with two attached hydrogens (primary N) is 1. The van der Waals surface area contributed by atoms with Crippen molar-refractivity contribution >= 4 is 21.7 Å². The number of sulfonamides is 1. The fourth-order valence-electron chi connectivity index (χ4n) is 1.33. The Kier molecular flexibility index (Phi) is 4.31. The largest absolute Gasteiger partial charge is 0.465 e. The molecule has 0 aliphatic carbocycles. The van der Waals surface area contributed by atoms with Crippen LogP contribution in [-0.2, 0) is 14.8 Å². The number of rotatable bonds is 4. The van der Waals surface area contributed by atoms with E-state index in [4.69, 9.17) is 5.73 Å². The van der Waals surface area contributed by atoms with Crippen molar-refractivity contribution in [2.75, 3.05) is 26.4 Å². The lowest BCUT2D eigenvalue weighted by atomic mass is 10.2. The Hall–Kier alpha value is -1.60. The summed E-state index contributed by atoms with van der Waals surface area (Å²) >= 11 is 0. The Balaban J connectivity index is 3.33. The van der Waals surface area contributed by atoms with Gasteiger partial charge in [0.05, 0.1) is 17.6 Å². The van der Waals surface area contributed by atoms with Gasteiger partial charge in [0.25, 0.3) is 0 Å². The molecule has 0 aliphatic rings. The van der Waals surface area contributed by atoms with E-state index in [2.05, 4.69) is 4.74 Å². The molecule has 100 valence electrons. The third-order valence-corrected chi connectivity index (χ3v) is 4.51. The number of esters is 1. The zero-order valence-electron chi connectivity index (χ0n) is 10.5. The molecule has 1 aromatic carbocycles. The van der Waals surface area contributed by atoms with Crippen molar-refractivity contribution in [1.29, 1.82) is 0 Å². The van der Waals surface area contributed by atoms with Gasteiger partial charge in [0.2, 0.25) is 10.0 Å². The summed E-state index contributed by atoms with van der Waals surface area (Å²) < 4.78 is 29.9. The first-order valence-corrected chi connectivity index (χ1v) is 6.72. The van der Waals surface area contributed by atoms with Crippen molar-refractivity contribution in [2.24, 2.45) is 0 Å². The smallest absolute Gasteiger partial charge is 0.339 e. The van der Waals surface area contributed by atoms with Crippen molar-refractivity contribution < 1.29 is 17.9 Å². The number of hydrogen-bond acceptors (Lipinski definition) is 5. The quantitative estimate of drug-likeness (QED) is 0.643. The van der Waals surface area contributed by atoms with E-state index in [0.717, 1.165) is 0 Å². The molecular weight excluding hydrogens is 256 g/mol. The van der Waals surface area contributed by atoms with Gasteiger partial charge in [-0.05, 0) is 18.2 Å². The highest BCUT2D eigenvalue weighted by Crippen LogP contribution is 2.21. The number of ether oxygens (including phenoxy) is 1. The van der Waals surface area contributed by atoms with Crippen LogP contribution in [0, 0.1) is 0 Å². The Bertz CT molecular complexity index is 554. The van der Waals surface area contributed by atoms with Crippen molar-refractivity contribution in [3.8, 4) is 0 Å². The molecule has 1 rings (SSSR count). The van der Waals surface area contributed by atoms with Gasteiger partial charge < -0.3 is 10.5 Å². The molecule has 0 unspecified atom stereocenters. The maximum absolute atomic E-state index is 12.1. The molecule has 0 fully saturated rings. The summed E-state index contributed by atoms with van der Waals surface area (Å²) in [7, 11) is -0.929. The highest BCUT2D eigenvalue weighted by Gasteiger charge is 2.22. The highest BCUT2D eigenvalue weighted by atomic mass is 32.2. The molecule has 0 spiro atoms. The summed E-state index contributed by atoms with van der Waals surface area (Å²) in [6, 6.07) is 3.97. The van der Waals surface area contributed by atoms with Crippen molar-refractivity contribution in [1.82, 2.24) is 4.31 Å². The molecule has 0 bridgehead atoms. The molecule has 0 heterocycles.